The van der Waals surface area contributed by atoms with E-state index in [9.17, 15) is 4.79 Å². The van der Waals surface area contributed by atoms with Gasteiger partial charge in [-0.3, -0.25) is 4.90 Å². The molecule has 5 nitrogen and oxygen atoms in total. The molecule has 0 saturated heterocycles. The van der Waals surface area contributed by atoms with Gasteiger partial charge in [0.25, 0.3) is 0 Å². The second-order valence-corrected chi connectivity index (χ2v) is 4.43. The lowest BCUT2D eigenvalue weighted by molar-refractivity contribution is -0.131. The minimum atomic E-state index is -0.965. The van der Waals surface area contributed by atoms with Gasteiger partial charge in [-0.2, -0.15) is 5.26 Å². The molecule has 0 radical (unpaired) electrons. The van der Waals surface area contributed by atoms with Gasteiger partial charge in [0.2, 0.25) is 0 Å². The Hall–Kier alpha value is -2.32. The van der Waals surface area contributed by atoms with E-state index in [0.29, 0.717) is 13.0 Å². The van der Waals surface area contributed by atoms with Crippen LogP contribution in [0.3, 0.4) is 0 Å². The maximum Gasteiger partial charge on any atom is 0.328 e. The molecule has 0 aliphatic rings. The summed E-state index contributed by atoms with van der Waals surface area (Å²) >= 11 is 0. The first-order chi connectivity index (χ1) is 10.2. The average Bonchev–Trinajstić information content (AvgIpc) is 2.49. The molecule has 0 bridgehead atoms. The van der Waals surface area contributed by atoms with Gasteiger partial charge in [-0.25, -0.2) is 4.79 Å². The predicted octanol–water partition coefficient (Wildman–Crippen LogP) is 2.40. The highest BCUT2D eigenvalue weighted by Crippen LogP contribution is 2.13. The number of rotatable bonds is 9. The zero-order valence-electron chi connectivity index (χ0n) is 12.2. The molecule has 1 aromatic carbocycles. The van der Waals surface area contributed by atoms with Gasteiger partial charge in [0.05, 0.1) is 6.07 Å². The lowest BCUT2D eigenvalue weighted by atomic mass is 10.2. The smallest absolute Gasteiger partial charge is 0.328 e. The van der Waals surface area contributed by atoms with Crippen molar-refractivity contribution < 1.29 is 14.6 Å². The molecule has 0 amide bonds. The maximum atomic E-state index is 10.4. The van der Waals surface area contributed by atoms with Gasteiger partial charge < -0.3 is 9.84 Å². The van der Waals surface area contributed by atoms with Crippen LogP contribution >= 0.6 is 0 Å². The van der Waals surface area contributed by atoms with Gasteiger partial charge in [-0.15, -0.1) is 0 Å². The zero-order valence-corrected chi connectivity index (χ0v) is 12.2. The van der Waals surface area contributed by atoms with Crippen molar-refractivity contribution in [1.82, 2.24) is 4.90 Å². The first-order valence-corrected chi connectivity index (χ1v) is 6.89. The topological polar surface area (TPSA) is 73.6 Å². The van der Waals surface area contributed by atoms with Crippen molar-refractivity contribution >= 4 is 12.0 Å². The molecule has 0 atom stereocenters. The third-order valence-corrected chi connectivity index (χ3v) is 2.96. The van der Waals surface area contributed by atoms with Gasteiger partial charge in [0, 0.05) is 25.6 Å². The SMILES string of the molecule is CCN(CCC#N)CCOc1ccc(C=CC(=O)O)cc1. The molecule has 1 aromatic rings. The lowest BCUT2D eigenvalue weighted by Crippen LogP contribution is -2.29. The molecule has 0 unspecified atom stereocenters. The Bertz CT molecular complexity index is 503. The Labute approximate surface area is 125 Å². The molecule has 1 N–H and O–H groups in total. The molecule has 0 heterocycles. The molecule has 1 rings (SSSR count). The standard InChI is InChI=1S/C16H20N2O3/c1-2-18(11-3-10-17)12-13-21-15-7-4-14(5-8-15)6-9-16(19)20/h4-9H,2-3,11-13H2,1H3,(H,19,20). The number of nitriles is 1. The monoisotopic (exact) mass is 288 g/mol. The molecule has 0 saturated carbocycles. The van der Waals surface area contributed by atoms with Crippen molar-refractivity contribution in [3.05, 3.63) is 35.9 Å². The molecule has 0 aliphatic carbocycles. The van der Waals surface area contributed by atoms with Gasteiger partial charge in [-0.05, 0) is 30.3 Å². The molecule has 0 spiro atoms. The first kappa shape index (κ1) is 16.7. The largest absolute Gasteiger partial charge is 0.492 e. The number of nitrogens with zero attached hydrogens (tertiary/aromatic N) is 2. The summed E-state index contributed by atoms with van der Waals surface area (Å²) in [5.74, 6) is -0.217. The van der Waals surface area contributed by atoms with E-state index in [0.717, 1.165) is 37.0 Å². The van der Waals surface area contributed by atoms with E-state index in [1.54, 1.807) is 0 Å². The fourth-order valence-electron chi connectivity index (χ4n) is 1.77. The third kappa shape index (κ3) is 7.14. The summed E-state index contributed by atoms with van der Waals surface area (Å²) in [4.78, 5) is 12.6. The summed E-state index contributed by atoms with van der Waals surface area (Å²) in [6.07, 6.45) is 3.16. The fraction of sp³-hybridized carbons (Fsp3) is 0.375. The quantitative estimate of drug-likeness (QED) is 0.706. The van der Waals surface area contributed by atoms with Crippen LogP contribution in [-0.4, -0.2) is 42.2 Å². The van der Waals surface area contributed by atoms with Gasteiger partial charge >= 0.3 is 5.97 Å². The van der Waals surface area contributed by atoms with Crippen molar-refractivity contribution in [3.8, 4) is 11.8 Å². The highest BCUT2D eigenvalue weighted by Gasteiger charge is 2.02. The van der Waals surface area contributed by atoms with Crippen LogP contribution < -0.4 is 4.74 Å². The van der Waals surface area contributed by atoms with E-state index >= 15 is 0 Å². The van der Waals surface area contributed by atoms with E-state index in [1.165, 1.54) is 6.08 Å². The Morgan fingerprint density at radius 1 is 1.38 bits per heavy atom. The normalized spacial score (nSPS) is 10.7. The summed E-state index contributed by atoms with van der Waals surface area (Å²) in [5, 5.41) is 17.1. The van der Waals surface area contributed by atoms with Crippen LogP contribution in [-0.2, 0) is 4.79 Å². The Kier molecular flexibility index (Phi) is 7.62. The van der Waals surface area contributed by atoms with Crippen LogP contribution in [0.1, 0.15) is 18.9 Å². The van der Waals surface area contributed by atoms with Gasteiger partial charge in [0.1, 0.15) is 12.4 Å². The maximum absolute atomic E-state index is 10.4. The Balaban J connectivity index is 2.39. The Morgan fingerprint density at radius 3 is 2.67 bits per heavy atom. The summed E-state index contributed by atoms with van der Waals surface area (Å²) in [6.45, 7) is 5.04. The number of carbonyl (C=O) groups is 1. The Morgan fingerprint density at radius 2 is 2.10 bits per heavy atom. The van der Waals surface area contributed by atoms with Crippen LogP contribution in [0.5, 0.6) is 5.75 Å². The van der Waals surface area contributed by atoms with Crippen LogP contribution in [0.4, 0.5) is 0 Å². The van der Waals surface area contributed by atoms with Gasteiger partial charge in [-0.1, -0.05) is 19.1 Å². The summed E-state index contributed by atoms with van der Waals surface area (Å²) in [7, 11) is 0. The van der Waals surface area contributed by atoms with E-state index in [1.807, 2.05) is 24.3 Å². The van der Waals surface area contributed by atoms with Crippen molar-refractivity contribution in [2.75, 3.05) is 26.2 Å². The first-order valence-electron chi connectivity index (χ1n) is 6.89. The third-order valence-electron chi connectivity index (χ3n) is 2.96. The predicted molar refractivity (Wildman–Crippen MR) is 81.0 cm³/mol. The van der Waals surface area contributed by atoms with E-state index in [2.05, 4.69) is 17.9 Å². The molecule has 0 fully saturated rings. The number of benzene rings is 1. The molecule has 5 heteroatoms. The molecular weight excluding hydrogens is 268 g/mol. The number of aliphatic carboxylic acids is 1. The number of carboxylic acid groups (broad SMARTS) is 1. The van der Waals surface area contributed by atoms with Crippen molar-refractivity contribution in [3.63, 3.8) is 0 Å². The van der Waals surface area contributed by atoms with Crippen LogP contribution in [0.15, 0.2) is 30.3 Å². The summed E-state index contributed by atoms with van der Waals surface area (Å²) < 4.78 is 5.63. The van der Waals surface area contributed by atoms with Crippen molar-refractivity contribution in [2.45, 2.75) is 13.3 Å². The van der Waals surface area contributed by atoms with Gasteiger partial charge in [0.15, 0.2) is 0 Å². The van der Waals surface area contributed by atoms with Crippen molar-refractivity contribution in [1.29, 1.82) is 5.26 Å². The minimum absolute atomic E-state index is 0.526. The minimum Gasteiger partial charge on any atom is -0.492 e. The second kappa shape index (κ2) is 9.56. The lowest BCUT2D eigenvalue weighted by Gasteiger charge is -2.18. The van der Waals surface area contributed by atoms with Crippen molar-refractivity contribution in [2.24, 2.45) is 0 Å². The zero-order chi connectivity index (χ0) is 15.5. The molecule has 0 aliphatic heterocycles. The fourth-order valence-corrected chi connectivity index (χ4v) is 1.77. The second-order valence-electron chi connectivity index (χ2n) is 4.43. The van der Waals surface area contributed by atoms with E-state index in [4.69, 9.17) is 15.1 Å². The summed E-state index contributed by atoms with van der Waals surface area (Å²) in [6, 6.07) is 9.38. The molecule has 21 heavy (non-hydrogen) atoms. The van der Waals surface area contributed by atoms with Crippen LogP contribution in [0.25, 0.3) is 6.08 Å². The highest BCUT2D eigenvalue weighted by molar-refractivity contribution is 5.85. The number of carboxylic acids is 1. The van der Waals surface area contributed by atoms with E-state index < -0.39 is 5.97 Å². The molecular formula is C16H20N2O3. The average molecular weight is 288 g/mol. The van der Waals surface area contributed by atoms with E-state index in [-0.39, 0.29) is 0 Å². The highest BCUT2D eigenvalue weighted by atomic mass is 16.5. The number of likely N-dealkylation sites (N-methyl/N-ethyl adjacent to an activating group) is 1. The molecule has 0 aromatic heterocycles. The van der Waals surface area contributed by atoms with Crippen LogP contribution in [0.2, 0.25) is 0 Å². The summed E-state index contributed by atoms with van der Waals surface area (Å²) in [5.41, 5.74) is 0.814. The molecule has 112 valence electrons. The number of ether oxygens (including phenoxy) is 1. The number of hydrogen-bond donors (Lipinski definition) is 1. The number of hydrogen-bond acceptors (Lipinski definition) is 4. The van der Waals surface area contributed by atoms with Crippen LogP contribution in [0, 0.1) is 11.3 Å².